The Labute approximate surface area is 99.9 Å². The van der Waals surface area contributed by atoms with Crippen LogP contribution in [0, 0.1) is 18.6 Å². The lowest BCUT2D eigenvalue weighted by atomic mass is 9.98. The van der Waals surface area contributed by atoms with E-state index in [2.05, 4.69) is 5.43 Å². The van der Waals surface area contributed by atoms with Gasteiger partial charge in [0.1, 0.15) is 0 Å². The molecular weight excluding hydrogens is 226 g/mol. The molecule has 2 unspecified atom stereocenters. The summed E-state index contributed by atoms with van der Waals surface area (Å²) >= 11 is 0. The second-order valence-corrected chi connectivity index (χ2v) is 3.93. The lowest BCUT2D eigenvalue weighted by molar-refractivity contribution is 0.0637. The molecule has 96 valence electrons. The van der Waals surface area contributed by atoms with E-state index >= 15 is 0 Å². The molecule has 1 rings (SSSR count). The molecule has 0 bridgehead atoms. The van der Waals surface area contributed by atoms with Gasteiger partial charge < -0.3 is 4.74 Å². The molecule has 1 aromatic rings. The van der Waals surface area contributed by atoms with Crippen molar-refractivity contribution in [1.29, 1.82) is 0 Å². The van der Waals surface area contributed by atoms with Gasteiger partial charge in [0, 0.05) is 12.7 Å². The van der Waals surface area contributed by atoms with E-state index in [4.69, 9.17) is 10.6 Å². The molecule has 0 saturated carbocycles. The zero-order valence-electron chi connectivity index (χ0n) is 10.3. The van der Waals surface area contributed by atoms with Gasteiger partial charge in [-0.3, -0.25) is 11.3 Å². The van der Waals surface area contributed by atoms with Crippen LogP contribution in [0.1, 0.15) is 30.5 Å². The van der Waals surface area contributed by atoms with Crippen molar-refractivity contribution in [1.82, 2.24) is 5.43 Å². The minimum absolute atomic E-state index is 0.185. The van der Waals surface area contributed by atoms with Gasteiger partial charge in [-0.1, -0.05) is 19.1 Å². The maximum Gasteiger partial charge on any atom is 0.164 e. The number of methoxy groups -OCH3 is 1. The van der Waals surface area contributed by atoms with Crippen LogP contribution in [0.15, 0.2) is 12.1 Å². The summed E-state index contributed by atoms with van der Waals surface area (Å²) in [5.74, 6) is 3.68. The standard InChI is InChI=1S/C12H18F2N2O/c1-4-9(17-3)12(16-15)8-6-5-7(2)10(13)11(8)14/h5-6,9,12,16H,4,15H2,1-3H3. The molecule has 0 fully saturated rings. The fraction of sp³-hybridized carbons (Fsp3) is 0.500. The van der Waals surface area contributed by atoms with E-state index in [0.717, 1.165) is 0 Å². The lowest BCUT2D eigenvalue weighted by Crippen LogP contribution is -2.38. The second-order valence-electron chi connectivity index (χ2n) is 3.93. The smallest absolute Gasteiger partial charge is 0.164 e. The van der Waals surface area contributed by atoms with E-state index in [-0.39, 0.29) is 17.2 Å². The number of benzene rings is 1. The van der Waals surface area contributed by atoms with Crippen LogP contribution in [0.5, 0.6) is 0 Å². The van der Waals surface area contributed by atoms with Gasteiger partial charge >= 0.3 is 0 Å². The monoisotopic (exact) mass is 244 g/mol. The number of ether oxygens (including phenoxy) is 1. The van der Waals surface area contributed by atoms with Gasteiger partial charge in [-0.05, 0) is 18.9 Å². The van der Waals surface area contributed by atoms with Crippen LogP contribution in [0.3, 0.4) is 0 Å². The van der Waals surface area contributed by atoms with Crippen molar-refractivity contribution in [2.24, 2.45) is 5.84 Å². The Hall–Kier alpha value is -1.04. The molecule has 0 saturated heterocycles. The average Bonchev–Trinajstić information content (AvgIpc) is 2.34. The molecule has 0 aromatic heterocycles. The van der Waals surface area contributed by atoms with E-state index in [9.17, 15) is 8.78 Å². The Bertz CT molecular complexity index is 381. The number of nitrogens with two attached hydrogens (primary N) is 1. The summed E-state index contributed by atoms with van der Waals surface area (Å²) in [6, 6.07) is 2.49. The molecule has 17 heavy (non-hydrogen) atoms. The summed E-state index contributed by atoms with van der Waals surface area (Å²) in [5.41, 5.74) is 2.93. The van der Waals surface area contributed by atoms with E-state index in [1.54, 1.807) is 0 Å². The highest BCUT2D eigenvalue weighted by molar-refractivity contribution is 5.28. The Morgan fingerprint density at radius 1 is 1.35 bits per heavy atom. The highest BCUT2D eigenvalue weighted by Crippen LogP contribution is 2.25. The zero-order chi connectivity index (χ0) is 13.0. The molecule has 0 heterocycles. The SMILES string of the molecule is CCC(OC)C(NN)c1ccc(C)c(F)c1F. The van der Waals surface area contributed by atoms with Crippen molar-refractivity contribution in [2.45, 2.75) is 32.4 Å². The molecule has 1 aromatic carbocycles. The summed E-state index contributed by atoms with van der Waals surface area (Å²) in [5, 5.41) is 0. The number of hydrogen-bond acceptors (Lipinski definition) is 3. The molecule has 2 atom stereocenters. The quantitative estimate of drug-likeness (QED) is 0.616. The number of rotatable bonds is 5. The van der Waals surface area contributed by atoms with Crippen molar-refractivity contribution < 1.29 is 13.5 Å². The van der Waals surface area contributed by atoms with Gasteiger partial charge in [0.25, 0.3) is 0 Å². The Morgan fingerprint density at radius 2 is 2.00 bits per heavy atom. The van der Waals surface area contributed by atoms with Crippen LogP contribution in [-0.4, -0.2) is 13.2 Å². The maximum atomic E-state index is 13.8. The Kier molecular flexibility index (Phi) is 4.99. The van der Waals surface area contributed by atoms with Crippen molar-refractivity contribution in [3.63, 3.8) is 0 Å². The first-order valence-electron chi connectivity index (χ1n) is 5.50. The van der Waals surface area contributed by atoms with Gasteiger partial charge in [0.2, 0.25) is 0 Å². The van der Waals surface area contributed by atoms with E-state index in [0.29, 0.717) is 6.42 Å². The van der Waals surface area contributed by atoms with Crippen LogP contribution in [-0.2, 0) is 4.74 Å². The fourth-order valence-electron chi connectivity index (χ4n) is 1.84. The van der Waals surface area contributed by atoms with Gasteiger partial charge in [0.15, 0.2) is 11.6 Å². The van der Waals surface area contributed by atoms with Crippen LogP contribution in [0.2, 0.25) is 0 Å². The summed E-state index contributed by atoms with van der Waals surface area (Å²) < 4.78 is 32.5. The van der Waals surface area contributed by atoms with Crippen molar-refractivity contribution in [2.75, 3.05) is 7.11 Å². The van der Waals surface area contributed by atoms with Crippen molar-refractivity contribution >= 4 is 0 Å². The number of nitrogens with one attached hydrogen (secondary N) is 1. The van der Waals surface area contributed by atoms with E-state index in [1.165, 1.54) is 26.2 Å². The first kappa shape index (κ1) is 14.0. The predicted molar refractivity (Wildman–Crippen MR) is 62.2 cm³/mol. The third-order valence-corrected chi connectivity index (χ3v) is 2.90. The molecule has 5 heteroatoms. The van der Waals surface area contributed by atoms with Crippen LogP contribution in [0.25, 0.3) is 0 Å². The van der Waals surface area contributed by atoms with Crippen molar-refractivity contribution in [3.05, 3.63) is 34.9 Å². The average molecular weight is 244 g/mol. The molecule has 0 spiro atoms. The maximum absolute atomic E-state index is 13.8. The summed E-state index contributed by atoms with van der Waals surface area (Å²) in [7, 11) is 1.51. The largest absolute Gasteiger partial charge is 0.379 e. The minimum atomic E-state index is -0.872. The first-order chi connectivity index (χ1) is 8.06. The highest BCUT2D eigenvalue weighted by atomic mass is 19.2. The number of aryl methyl sites for hydroxylation is 1. The minimum Gasteiger partial charge on any atom is -0.379 e. The Morgan fingerprint density at radius 3 is 2.47 bits per heavy atom. The third-order valence-electron chi connectivity index (χ3n) is 2.90. The topological polar surface area (TPSA) is 47.3 Å². The number of halogens is 2. The summed E-state index contributed by atoms with van der Waals surface area (Å²) in [6.45, 7) is 3.40. The predicted octanol–water partition coefficient (Wildman–Crippen LogP) is 2.20. The lowest BCUT2D eigenvalue weighted by Gasteiger charge is -2.25. The number of hydrogen-bond donors (Lipinski definition) is 2. The van der Waals surface area contributed by atoms with E-state index < -0.39 is 17.7 Å². The van der Waals surface area contributed by atoms with E-state index in [1.807, 2.05) is 6.92 Å². The molecule has 0 aliphatic heterocycles. The molecule has 0 aliphatic carbocycles. The van der Waals surface area contributed by atoms with Gasteiger partial charge in [-0.25, -0.2) is 8.78 Å². The number of hydrazine groups is 1. The molecule has 3 nitrogen and oxygen atoms in total. The second kappa shape index (κ2) is 6.05. The molecule has 0 amide bonds. The third kappa shape index (κ3) is 2.80. The van der Waals surface area contributed by atoms with Crippen LogP contribution >= 0.6 is 0 Å². The fourth-order valence-corrected chi connectivity index (χ4v) is 1.84. The molecule has 0 aliphatic rings. The zero-order valence-corrected chi connectivity index (χ0v) is 10.3. The van der Waals surface area contributed by atoms with Crippen LogP contribution < -0.4 is 11.3 Å². The van der Waals surface area contributed by atoms with Gasteiger partial charge in [0.05, 0.1) is 12.1 Å². The summed E-state index contributed by atoms with van der Waals surface area (Å²) in [6.07, 6.45) is 0.330. The van der Waals surface area contributed by atoms with Crippen molar-refractivity contribution in [3.8, 4) is 0 Å². The summed E-state index contributed by atoms with van der Waals surface area (Å²) in [4.78, 5) is 0. The van der Waals surface area contributed by atoms with Gasteiger partial charge in [-0.2, -0.15) is 0 Å². The van der Waals surface area contributed by atoms with Gasteiger partial charge in [-0.15, -0.1) is 0 Å². The molecular formula is C12H18F2N2O. The highest BCUT2D eigenvalue weighted by Gasteiger charge is 2.25. The first-order valence-corrected chi connectivity index (χ1v) is 5.50. The molecule has 3 N–H and O–H groups in total. The van der Waals surface area contributed by atoms with Crippen LogP contribution in [0.4, 0.5) is 8.78 Å². The normalized spacial score (nSPS) is 14.7. The Balaban J connectivity index is 3.16. The molecule has 0 radical (unpaired) electrons.